The van der Waals surface area contributed by atoms with Gasteiger partial charge in [0, 0.05) is 30.3 Å². The largest absolute Gasteiger partial charge is 0.302 e. The molecule has 0 unspecified atom stereocenters. The molecule has 2 heterocycles. The Morgan fingerprint density at radius 1 is 1.12 bits per heavy atom. The highest BCUT2D eigenvalue weighted by Gasteiger charge is 2.26. The third-order valence-electron chi connectivity index (χ3n) is 5.56. The Balaban J connectivity index is 1.47. The number of likely N-dealkylation sites (tertiary alicyclic amines) is 1. The molecule has 1 aromatic heterocycles. The Bertz CT molecular complexity index is 673. The summed E-state index contributed by atoms with van der Waals surface area (Å²) in [6, 6.07) is 10.7. The summed E-state index contributed by atoms with van der Waals surface area (Å²) in [5.74, 6) is 1.43. The summed E-state index contributed by atoms with van der Waals surface area (Å²) in [5, 5.41) is 7.67. The molecule has 1 N–H and O–H groups in total. The molecule has 24 heavy (non-hydrogen) atoms. The van der Waals surface area contributed by atoms with Gasteiger partial charge in [0.1, 0.15) is 0 Å². The molecule has 2 aliphatic rings. The minimum Gasteiger partial charge on any atom is -0.302 e. The van der Waals surface area contributed by atoms with Gasteiger partial charge in [-0.15, -0.1) is 0 Å². The van der Waals surface area contributed by atoms with Gasteiger partial charge in [-0.25, -0.2) is 0 Å². The van der Waals surface area contributed by atoms with E-state index in [2.05, 4.69) is 57.6 Å². The zero-order valence-corrected chi connectivity index (χ0v) is 14.3. The molecular formula is C21H27N3. The van der Waals surface area contributed by atoms with E-state index in [1.807, 2.05) is 6.20 Å². The standard InChI is InChI=1S/C21H27N3/c1-3-8-17(9-4-1)15-24-13-7-12-19(16-24)21-20(14-22-23-21)18-10-5-2-6-11-18/h1-3,5-6,10-11,14,17,19H,4,7-9,12-13,15-16H2,(H,22,23)/t17-,19+/m1/s1. The maximum atomic E-state index is 4.36. The Labute approximate surface area is 144 Å². The molecule has 126 valence electrons. The highest BCUT2D eigenvalue weighted by atomic mass is 15.2. The predicted molar refractivity (Wildman–Crippen MR) is 98.9 cm³/mol. The molecule has 2 aromatic rings. The lowest BCUT2D eigenvalue weighted by Gasteiger charge is -2.35. The van der Waals surface area contributed by atoms with E-state index in [0.29, 0.717) is 5.92 Å². The number of nitrogens with one attached hydrogen (secondary N) is 1. The van der Waals surface area contributed by atoms with Crippen molar-refractivity contribution in [1.29, 1.82) is 0 Å². The van der Waals surface area contributed by atoms with Crippen LogP contribution in [0.25, 0.3) is 11.1 Å². The van der Waals surface area contributed by atoms with Crippen LogP contribution >= 0.6 is 0 Å². The zero-order valence-electron chi connectivity index (χ0n) is 14.3. The molecule has 0 saturated carbocycles. The second-order valence-electron chi connectivity index (χ2n) is 7.31. The fourth-order valence-electron chi connectivity index (χ4n) is 4.30. The first-order chi connectivity index (χ1) is 11.9. The molecule has 3 nitrogen and oxygen atoms in total. The number of benzene rings is 1. The smallest absolute Gasteiger partial charge is 0.0568 e. The molecule has 4 rings (SSSR count). The molecule has 1 aromatic carbocycles. The molecule has 0 amide bonds. The molecule has 2 atom stereocenters. The van der Waals surface area contributed by atoms with E-state index in [4.69, 9.17) is 0 Å². The van der Waals surface area contributed by atoms with Gasteiger partial charge in [0.15, 0.2) is 0 Å². The Morgan fingerprint density at radius 2 is 2.04 bits per heavy atom. The van der Waals surface area contributed by atoms with E-state index in [1.54, 1.807) is 0 Å². The molecule has 0 radical (unpaired) electrons. The van der Waals surface area contributed by atoms with Crippen molar-refractivity contribution in [3.8, 4) is 11.1 Å². The molecule has 0 spiro atoms. The average Bonchev–Trinajstić information content (AvgIpc) is 3.13. The van der Waals surface area contributed by atoms with Crippen LogP contribution < -0.4 is 0 Å². The van der Waals surface area contributed by atoms with E-state index < -0.39 is 0 Å². The van der Waals surface area contributed by atoms with Crippen LogP contribution in [-0.2, 0) is 0 Å². The molecule has 1 saturated heterocycles. The first-order valence-corrected chi connectivity index (χ1v) is 9.36. The fourth-order valence-corrected chi connectivity index (χ4v) is 4.30. The van der Waals surface area contributed by atoms with Gasteiger partial charge in [0.25, 0.3) is 0 Å². The molecular weight excluding hydrogens is 294 g/mol. The van der Waals surface area contributed by atoms with Crippen LogP contribution in [0, 0.1) is 5.92 Å². The molecule has 0 bridgehead atoms. The van der Waals surface area contributed by atoms with Crippen molar-refractivity contribution in [2.75, 3.05) is 19.6 Å². The third kappa shape index (κ3) is 3.46. The van der Waals surface area contributed by atoms with Gasteiger partial charge in [-0.1, -0.05) is 42.5 Å². The summed E-state index contributed by atoms with van der Waals surface area (Å²) in [6.07, 6.45) is 13.2. The maximum absolute atomic E-state index is 4.36. The number of rotatable bonds is 4. The van der Waals surface area contributed by atoms with Gasteiger partial charge in [0.2, 0.25) is 0 Å². The number of aromatic nitrogens is 2. The van der Waals surface area contributed by atoms with Gasteiger partial charge >= 0.3 is 0 Å². The van der Waals surface area contributed by atoms with Crippen molar-refractivity contribution < 1.29 is 0 Å². The highest BCUT2D eigenvalue weighted by Crippen LogP contribution is 2.33. The summed E-state index contributed by atoms with van der Waals surface area (Å²) in [4.78, 5) is 2.69. The lowest BCUT2D eigenvalue weighted by atomic mass is 9.88. The van der Waals surface area contributed by atoms with E-state index >= 15 is 0 Å². The lowest BCUT2D eigenvalue weighted by Crippen LogP contribution is -2.38. The van der Waals surface area contributed by atoms with Crippen molar-refractivity contribution in [2.45, 2.75) is 38.0 Å². The number of hydrogen-bond acceptors (Lipinski definition) is 2. The van der Waals surface area contributed by atoms with Gasteiger partial charge in [-0.3, -0.25) is 5.10 Å². The van der Waals surface area contributed by atoms with Crippen molar-refractivity contribution in [1.82, 2.24) is 15.1 Å². The summed E-state index contributed by atoms with van der Waals surface area (Å²) >= 11 is 0. The van der Waals surface area contributed by atoms with Crippen LogP contribution in [0.4, 0.5) is 0 Å². The van der Waals surface area contributed by atoms with Crippen LogP contribution in [0.3, 0.4) is 0 Å². The van der Waals surface area contributed by atoms with Gasteiger partial charge in [-0.2, -0.15) is 5.10 Å². The van der Waals surface area contributed by atoms with Crippen molar-refractivity contribution in [3.63, 3.8) is 0 Å². The van der Waals surface area contributed by atoms with Gasteiger partial charge < -0.3 is 4.90 Å². The van der Waals surface area contributed by atoms with Crippen LogP contribution in [-0.4, -0.2) is 34.7 Å². The van der Waals surface area contributed by atoms with Crippen molar-refractivity contribution >= 4 is 0 Å². The topological polar surface area (TPSA) is 31.9 Å². The average molecular weight is 321 g/mol. The fraction of sp³-hybridized carbons (Fsp3) is 0.476. The minimum atomic E-state index is 0.579. The van der Waals surface area contributed by atoms with E-state index in [0.717, 1.165) is 5.92 Å². The molecule has 1 aliphatic heterocycles. The second kappa shape index (κ2) is 7.35. The molecule has 1 aliphatic carbocycles. The molecule has 1 fully saturated rings. The summed E-state index contributed by atoms with van der Waals surface area (Å²) in [5.41, 5.74) is 3.88. The predicted octanol–water partition coefficient (Wildman–Crippen LogP) is 4.61. The van der Waals surface area contributed by atoms with Gasteiger partial charge in [-0.05, 0) is 50.1 Å². The SMILES string of the molecule is C1=CC[C@@H](CN2CCC[C@H](c3[nH]ncc3-c3ccccc3)C2)CC1. The summed E-state index contributed by atoms with van der Waals surface area (Å²) in [6.45, 7) is 3.68. The Morgan fingerprint density at radius 3 is 2.88 bits per heavy atom. The normalized spacial score (nSPS) is 25.0. The third-order valence-corrected chi connectivity index (χ3v) is 5.56. The van der Waals surface area contributed by atoms with E-state index in [9.17, 15) is 0 Å². The van der Waals surface area contributed by atoms with Crippen LogP contribution in [0.15, 0.2) is 48.7 Å². The Hall–Kier alpha value is -1.87. The van der Waals surface area contributed by atoms with E-state index in [-0.39, 0.29) is 0 Å². The van der Waals surface area contributed by atoms with Crippen molar-refractivity contribution in [2.24, 2.45) is 5.92 Å². The number of H-pyrrole nitrogens is 1. The number of piperidine rings is 1. The second-order valence-corrected chi connectivity index (χ2v) is 7.31. The minimum absolute atomic E-state index is 0.579. The van der Waals surface area contributed by atoms with Crippen molar-refractivity contribution in [3.05, 3.63) is 54.4 Å². The zero-order chi connectivity index (χ0) is 16.2. The number of aromatic amines is 1. The van der Waals surface area contributed by atoms with Crippen LogP contribution in [0.2, 0.25) is 0 Å². The van der Waals surface area contributed by atoms with Gasteiger partial charge in [0.05, 0.1) is 6.20 Å². The number of allylic oxidation sites excluding steroid dienone is 2. The Kier molecular flexibility index (Phi) is 4.79. The molecule has 3 heteroatoms. The summed E-state index contributed by atoms with van der Waals surface area (Å²) in [7, 11) is 0. The van der Waals surface area contributed by atoms with E-state index in [1.165, 1.54) is 68.6 Å². The number of nitrogens with zero attached hydrogens (tertiary/aromatic N) is 2. The summed E-state index contributed by atoms with van der Waals surface area (Å²) < 4.78 is 0. The van der Waals surface area contributed by atoms with Crippen LogP contribution in [0.1, 0.15) is 43.7 Å². The van der Waals surface area contributed by atoms with Crippen LogP contribution in [0.5, 0.6) is 0 Å². The maximum Gasteiger partial charge on any atom is 0.0568 e. The number of hydrogen-bond donors (Lipinski definition) is 1. The lowest BCUT2D eigenvalue weighted by molar-refractivity contribution is 0.173. The quantitative estimate of drug-likeness (QED) is 0.834. The first-order valence-electron chi connectivity index (χ1n) is 9.36. The monoisotopic (exact) mass is 321 g/mol. The first kappa shape index (κ1) is 15.6. The highest BCUT2D eigenvalue weighted by molar-refractivity contribution is 5.65.